The quantitative estimate of drug-likeness (QED) is 0.477. The van der Waals surface area contributed by atoms with E-state index in [0.717, 1.165) is 4.88 Å². The Morgan fingerprint density at radius 2 is 2.50 bits per heavy atom. The first-order valence-electron chi connectivity index (χ1n) is 2.24. The average molecular weight is 148 g/mol. The molecule has 44 valence electrons. The summed E-state index contributed by atoms with van der Waals surface area (Å²) in [6.07, 6.45) is 0. The number of hydrogen-bond donors (Lipinski definition) is 1. The van der Waals surface area contributed by atoms with Crippen LogP contribution in [0, 0.1) is 0 Å². The van der Waals surface area contributed by atoms with Crippen LogP contribution in [-0.4, -0.2) is 0 Å². The van der Waals surface area contributed by atoms with Gasteiger partial charge in [-0.15, -0.1) is 11.3 Å². The Bertz CT molecular complexity index is 147. The molecule has 0 amide bonds. The van der Waals surface area contributed by atoms with Crippen LogP contribution in [0.25, 0.3) is 0 Å². The summed E-state index contributed by atoms with van der Waals surface area (Å²) >= 11 is 7.11. The zero-order chi connectivity index (χ0) is 5.98. The lowest BCUT2D eigenvalue weighted by Crippen LogP contribution is -1.98. The summed E-state index contributed by atoms with van der Waals surface area (Å²) in [6.45, 7) is 0. The van der Waals surface area contributed by atoms with E-state index in [1.807, 2.05) is 17.5 Å². The molecule has 1 unspecified atom stereocenters. The van der Waals surface area contributed by atoms with Crippen LogP contribution in [-0.2, 0) is 0 Å². The second kappa shape index (κ2) is 2.49. The molecule has 3 heteroatoms. The SMILES string of the molecule is NC(Cl)c1cccs1. The summed E-state index contributed by atoms with van der Waals surface area (Å²) in [5, 5.41) is 1.96. The molecule has 0 saturated carbocycles. The summed E-state index contributed by atoms with van der Waals surface area (Å²) in [5.74, 6) is 0. The molecule has 0 aliphatic rings. The van der Waals surface area contributed by atoms with Crippen LogP contribution in [0.4, 0.5) is 0 Å². The van der Waals surface area contributed by atoms with Crippen molar-refractivity contribution in [3.8, 4) is 0 Å². The highest BCUT2D eigenvalue weighted by Gasteiger charge is 1.98. The molecule has 0 aromatic carbocycles. The van der Waals surface area contributed by atoms with Gasteiger partial charge in [-0.3, -0.25) is 0 Å². The zero-order valence-electron chi connectivity index (χ0n) is 4.17. The number of rotatable bonds is 1. The van der Waals surface area contributed by atoms with Gasteiger partial charge in [0.05, 0.1) is 0 Å². The van der Waals surface area contributed by atoms with Gasteiger partial charge in [0.2, 0.25) is 0 Å². The zero-order valence-corrected chi connectivity index (χ0v) is 5.75. The third-order valence-corrected chi connectivity index (χ3v) is 2.13. The Balaban J connectivity index is 2.77. The molecular weight excluding hydrogens is 142 g/mol. The van der Waals surface area contributed by atoms with Gasteiger partial charge >= 0.3 is 0 Å². The summed E-state index contributed by atoms with van der Waals surface area (Å²) < 4.78 is 0. The molecule has 1 heterocycles. The molecule has 2 N–H and O–H groups in total. The summed E-state index contributed by atoms with van der Waals surface area (Å²) in [4.78, 5) is 1.02. The van der Waals surface area contributed by atoms with Crippen molar-refractivity contribution in [3.63, 3.8) is 0 Å². The van der Waals surface area contributed by atoms with E-state index < -0.39 is 0 Å². The van der Waals surface area contributed by atoms with Crippen LogP contribution in [0.2, 0.25) is 0 Å². The Kier molecular flexibility index (Phi) is 1.89. The van der Waals surface area contributed by atoms with E-state index in [-0.39, 0.29) is 5.50 Å². The van der Waals surface area contributed by atoms with Crippen molar-refractivity contribution < 1.29 is 0 Å². The number of hydrogen-bond acceptors (Lipinski definition) is 2. The van der Waals surface area contributed by atoms with Gasteiger partial charge < -0.3 is 5.73 Å². The molecule has 0 fully saturated rings. The third-order valence-electron chi connectivity index (χ3n) is 0.815. The fourth-order valence-electron chi connectivity index (χ4n) is 0.448. The Morgan fingerprint density at radius 3 is 2.75 bits per heavy atom. The minimum absolute atomic E-state index is 0.324. The lowest BCUT2D eigenvalue weighted by Gasteiger charge is -1.93. The average Bonchev–Trinajstić information content (AvgIpc) is 2.12. The topological polar surface area (TPSA) is 26.0 Å². The molecule has 1 atom stereocenters. The number of halogens is 1. The van der Waals surface area contributed by atoms with Gasteiger partial charge in [-0.2, -0.15) is 0 Å². The molecule has 1 aromatic rings. The van der Waals surface area contributed by atoms with Crippen LogP contribution in [0.5, 0.6) is 0 Å². The molecule has 0 radical (unpaired) electrons. The molecule has 8 heavy (non-hydrogen) atoms. The molecule has 0 spiro atoms. The number of alkyl halides is 1. The maximum absolute atomic E-state index is 5.53. The first-order chi connectivity index (χ1) is 3.80. The van der Waals surface area contributed by atoms with Crippen molar-refractivity contribution in [2.75, 3.05) is 0 Å². The van der Waals surface area contributed by atoms with Gasteiger partial charge in [0.15, 0.2) is 0 Å². The molecule has 1 nitrogen and oxygen atoms in total. The molecule has 0 saturated heterocycles. The van der Waals surface area contributed by atoms with Gasteiger partial charge in [-0.1, -0.05) is 17.7 Å². The Hall–Kier alpha value is -0.0500. The van der Waals surface area contributed by atoms with E-state index in [1.165, 1.54) is 0 Å². The van der Waals surface area contributed by atoms with E-state index in [0.29, 0.717) is 0 Å². The first-order valence-corrected chi connectivity index (χ1v) is 3.55. The van der Waals surface area contributed by atoms with E-state index in [1.54, 1.807) is 11.3 Å². The minimum atomic E-state index is -0.324. The van der Waals surface area contributed by atoms with Crippen molar-refractivity contribution >= 4 is 22.9 Å². The van der Waals surface area contributed by atoms with E-state index in [9.17, 15) is 0 Å². The fraction of sp³-hybridized carbons (Fsp3) is 0.200. The van der Waals surface area contributed by atoms with Crippen LogP contribution >= 0.6 is 22.9 Å². The number of thiophene rings is 1. The molecule has 1 aromatic heterocycles. The normalized spacial score (nSPS) is 13.8. The highest BCUT2D eigenvalue weighted by atomic mass is 35.5. The lowest BCUT2D eigenvalue weighted by atomic mass is 10.5. The van der Waals surface area contributed by atoms with E-state index in [2.05, 4.69) is 0 Å². The van der Waals surface area contributed by atoms with Crippen molar-refractivity contribution in [3.05, 3.63) is 22.4 Å². The van der Waals surface area contributed by atoms with Crippen LogP contribution in [0.3, 0.4) is 0 Å². The predicted molar refractivity (Wildman–Crippen MR) is 37.1 cm³/mol. The van der Waals surface area contributed by atoms with Crippen molar-refractivity contribution in [2.24, 2.45) is 5.73 Å². The van der Waals surface area contributed by atoms with Gasteiger partial charge in [0.25, 0.3) is 0 Å². The van der Waals surface area contributed by atoms with Crippen LogP contribution in [0.15, 0.2) is 17.5 Å². The van der Waals surface area contributed by atoms with E-state index >= 15 is 0 Å². The monoisotopic (exact) mass is 147 g/mol. The highest BCUT2D eigenvalue weighted by Crippen LogP contribution is 2.18. The highest BCUT2D eigenvalue weighted by molar-refractivity contribution is 7.10. The third kappa shape index (κ3) is 1.22. The second-order valence-corrected chi connectivity index (χ2v) is 2.87. The maximum Gasteiger partial charge on any atom is 0.115 e. The molecule has 0 aliphatic carbocycles. The summed E-state index contributed by atoms with van der Waals surface area (Å²) in [6, 6.07) is 3.85. The molecular formula is C5H6ClNS. The summed E-state index contributed by atoms with van der Waals surface area (Å²) in [5.41, 5.74) is 5.01. The minimum Gasteiger partial charge on any atom is -0.311 e. The van der Waals surface area contributed by atoms with Crippen LogP contribution < -0.4 is 5.73 Å². The van der Waals surface area contributed by atoms with Gasteiger partial charge in [-0.05, 0) is 11.4 Å². The lowest BCUT2D eigenvalue weighted by molar-refractivity contribution is 1.05. The van der Waals surface area contributed by atoms with Crippen LogP contribution in [0.1, 0.15) is 10.4 Å². The predicted octanol–water partition coefficient (Wildman–Crippen LogP) is 1.94. The maximum atomic E-state index is 5.53. The van der Waals surface area contributed by atoms with Gasteiger partial charge in [0, 0.05) is 4.88 Å². The Labute approximate surface area is 57.1 Å². The molecule has 0 aliphatic heterocycles. The molecule has 0 bridgehead atoms. The largest absolute Gasteiger partial charge is 0.311 e. The van der Waals surface area contributed by atoms with Gasteiger partial charge in [-0.25, -0.2) is 0 Å². The van der Waals surface area contributed by atoms with Crippen molar-refractivity contribution in [2.45, 2.75) is 5.50 Å². The van der Waals surface area contributed by atoms with E-state index in [4.69, 9.17) is 17.3 Å². The summed E-state index contributed by atoms with van der Waals surface area (Å²) in [7, 11) is 0. The van der Waals surface area contributed by atoms with Crippen molar-refractivity contribution in [1.29, 1.82) is 0 Å². The van der Waals surface area contributed by atoms with Gasteiger partial charge in [0.1, 0.15) is 5.50 Å². The smallest absolute Gasteiger partial charge is 0.115 e. The second-order valence-electron chi connectivity index (χ2n) is 1.42. The number of nitrogens with two attached hydrogens (primary N) is 1. The first kappa shape index (κ1) is 6.08. The Morgan fingerprint density at radius 1 is 1.75 bits per heavy atom. The standard InChI is InChI=1S/C5H6ClNS/c6-5(7)4-2-1-3-8-4/h1-3,5H,7H2. The fourth-order valence-corrected chi connectivity index (χ4v) is 1.28. The molecule has 1 rings (SSSR count). The van der Waals surface area contributed by atoms with Crippen molar-refractivity contribution in [1.82, 2.24) is 0 Å².